The van der Waals surface area contributed by atoms with E-state index in [1.165, 1.54) is 23.5 Å². The Morgan fingerprint density at radius 1 is 1.05 bits per heavy atom. The molecular formula is C14H9N3O4S. The van der Waals surface area contributed by atoms with Crippen LogP contribution in [-0.4, -0.2) is 14.8 Å². The lowest BCUT2D eigenvalue weighted by Crippen LogP contribution is -1.98. The largest absolute Gasteiger partial charge is 0.279 e. The normalized spacial score (nSPS) is 10.7. The van der Waals surface area contributed by atoms with Gasteiger partial charge in [0, 0.05) is 18.1 Å². The van der Waals surface area contributed by atoms with Gasteiger partial charge in [-0.05, 0) is 18.2 Å². The van der Waals surface area contributed by atoms with Gasteiger partial charge in [-0.25, -0.2) is 4.98 Å². The minimum atomic E-state index is -0.644. The van der Waals surface area contributed by atoms with Gasteiger partial charge in [0.25, 0.3) is 11.4 Å². The molecule has 0 bridgehead atoms. The van der Waals surface area contributed by atoms with Gasteiger partial charge in [0.2, 0.25) is 0 Å². The van der Waals surface area contributed by atoms with Crippen molar-refractivity contribution in [1.82, 2.24) is 4.98 Å². The highest BCUT2D eigenvalue weighted by Crippen LogP contribution is 2.29. The molecule has 7 nitrogen and oxygen atoms in total. The van der Waals surface area contributed by atoms with Gasteiger partial charge in [0.05, 0.1) is 31.1 Å². The number of nitro benzene ring substituents is 2. The summed E-state index contributed by atoms with van der Waals surface area (Å²) in [5.74, 6) is 0. The third-order valence-corrected chi connectivity index (χ3v) is 4.19. The number of hydrogen-bond acceptors (Lipinski definition) is 6. The number of rotatable bonds is 4. The summed E-state index contributed by atoms with van der Waals surface area (Å²) in [5.41, 5.74) is 0.704. The van der Waals surface area contributed by atoms with Gasteiger partial charge in [0.1, 0.15) is 0 Å². The van der Waals surface area contributed by atoms with Crippen LogP contribution in [-0.2, 0) is 6.42 Å². The summed E-state index contributed by atoms with van der Waals surface area (Å²) in [5, 5.41) is 22.6. The standard InChI is InChI=1S/C14H9N3O4S/c18-16(19)10-6-5-9(12(8-10)17(20)21)7-14-15-11-3-1-2-4-13(11)22-14/h1-6,8H,7H2. The molecule has 0 fully saturated rings. The zero-order chi connectivity index (χ0) is 15.7. The van der Waals surface area contributed by atoms with Crippen molar-refractivity contribution in [2.24, 2.45) is 0 Å². The summed E-state index contributed by atoms with van der Waals surface area (Å²) in [6.45, 7) is 0. The van der Waals surface area contributed by atoms with Crippen LogP contribution < -0.4 is 0 Å². The van der Waals surface area contributed by atoms with Crippen molar-refractivity contribution in [2.45, 2.75) is 6.42 Å². The summed E-state index contributed by atoms with van der Waals surface area (Å²) in [7, 11) is 0. The van der Waals surface area contributed by atoms with Crippen molar-refractivity contribution in [3.05, 3.63) is 73.3 Å². The van der Waals surface area contributed by atoms with Crippen LogP contribution >= 0.6 is 11.3 Å². The van der Waals surface area contributed by atoms with Gasteiger partial charge in [-0.3, -0.25) is 20.2 Å². The first-order chi connectivity index (χ1) is 10.5. The fourth-order valence-corrected chi connectivity index (χ4v) is 3.13. The summed E-state index contributed by atoms with van der Waals surface area (Å²) < 4.78 is 1.00. The van der Waals surface area contributed by atoms with E-state index >= 15 is 0 Å². The molecule has 0 atom stereocenters. The van der Waals surface area contributed by atoms with E-state index < -0.39 is 9.85 Å². The van der Waals surface area contributed by atoms with Gasteiger partial charge in [-0.15, -0.1) is 11.3 Å². The van der Waals surface area contributed by atoms with E-state index in [-0.39, 0.29) is 17.8 Å². The average molecular weight is 315 g/mol. The van der Waals surface area contributed by atoms with Gasteiger partial charge in [-0.1, -0.05) is 12.1 Å². The molecule has 0 unspecified atom stereocenters. The first kappa shape index (κ1) is 14.1. The smallest absolute Gasteiger partial charge is 0.258 e. The lowest BCUT2D eigenvalue weighted by molar-refractivity contribution is -0.394. The van der Waals surface area contributed by atoms with E-state index in [0.717, 1.165) is 21.3 Å². The van der Waals surface area contributed by atoms with E-state index in [0.29, 0.717) is 5.56 Å². The third kappa shape index (κ3) is 2.63. The number of thiazole rings is 1. The van der Waals surface area contributed by atoms with E-state index in [4.69, 9.17) is 0 Å². The van der Waals surface area contributed by atoms with Crippen LogP contribution in [0.4, 0.5) is 11.4 Å². The van der Waals surface area contributed by atoms with Crippen LogP contribution in [0.15, 0.2) is 42.5 Å². The SMILES string of the molecule is O=[N+]([O-])c1ccc(Cc2nc3ccccc3s2)c([N+](=O)[O-])c1. The maximum absolute atomic E-state index is 11.1. The Morgan fingerprint density at radius 2 is 1.82 bits per heavy atom. The highest BCUT2D eigenvalue weighted by Gasteiger charge is 2.20. The molecule has 0 saturated heterocycles. The number of nitro groups is 2. The van der Waals surface area contributed by atoms with Crippen LogP contribution in [0.3, 0.4) is 0 Å². The second-order valence-corrected chi connectivity index (χ2v) is 5.69. The van der Waals surface area contributed by atoms with Gasteiger partial charge in [0.15, 0.2) is 0 Å². The zero-order valence-electron chi connectivity index (χ0n) is 11.1. The highest BCUT2D eigenvalue weighted by atomic mass is 32.1. The van der Waals surface area contributed by atoms with Crippen molar-refractivity contribution in [3.8, 4) is 0 Å². The minimum absolute atomic E-state index is 0.256. The molecule has 0 aliphatic rings. The summed E-state index contributed by atoms with van der Waals surface area (Å²) in [6, 6.07) is 11.3. The molecule has 110 valence electrons. The number of hydrogen-bond donors (Lipinski definition) is 0. The number of non-ortho nitro benzene ring substituents is 1. The molecule has 1 aromatic heterocycles. The fourth-order valence-electron chi connectivity index (χ4n) is 2.14. The van der Waals surface area contributed by atoms with E-state index in [1.54, 1.807) is 0 Å². The molecule has 2 aromatic carbocycles. The molecule has 0 amide bonds. The topological polar surface area (TPSA) is 99.2 Å². The molecular weight excluding hydrogens is 306 g/mol. The Balaban J connectivity index is 2.00. The quantitative estimate of drug-likeness (QED) is 0.540. The Kier molecular flexibility index (Phi) is 3.51. The molecule has 0 spiro atoms. The van der Waals surface area contributed by atoms with Crippen LogP contribution in [0, 0.1) is 20.2 Å². The molecule has 0 aliphatic heterocycles. The van der Waals surface area contributed by atoms with Crippen LogP contribution in [0.5, 0.6) is 0 Å². The zero-order valence-corrected chi connectivity index (χ0v) is 11.9. The number of aromatic nitrogens is 1. The van der Waals surface area contributed by atoms with Crippen molar-refractivity contribution in [1.29, 1.82) is 0 Å². The first-order valence-electron chi connectivity index (χ1n) is 6.31. The number of benzene rings is 2. The molecule has 0 radical (unpaired) electrons. The molecule has 0 aliphatic carbocycles. The van der Waals surface area contributed by atoms with Gasteiger partial charge < -0.3 is 0 Å². The van der Waals surface area contributed by atoms with E-state index in [9.17, 15) is 20.2 Å². The number of nitrogens with zero attached hydrogens (tertiary/aromatic N) is 3. The van der Waals surface area contributed by atoms with Crippen LogP contribution in [0.25, 0.3) is 10.2 Å². The molecule has 22 heavy (non-hydrogen) atoms. The third-order valence-electron chi connectivity index (χ3n) is 3.16. The average Bonchev–Trinajstić information content (AvgIpc) is 2.89. The van der Waals surface area contributed by atoms with E-state index in [2.05, 4.69) is 4.98 Å². The predicted octanol–water partition coefficient (Wildman–Crippen LogP) is 3.70. The minimum Gasteiger partial charge on any atom is -0.258 e. The van der Waals surface area contributed by atoms with Gasteiger partial charge >= 0.3 is 0 Å². The second-order valence-electron chi connectivity index (χ2n) is 4.58. The van der Waals surface area contributed by atoms with E-state index in [1.807, 2.05) is 24.3 Å². The number of fused-ring (bicyclic) bond motifs is 1. The Hall–Kier alpha value is -2.87. The Bertz CT molecular complexity index is 858. The predicted molar refractivity (Wildman–Crippen MR) is 82.2 cm³/mol. The fraction of sp³-hybridized carbons (Fsp3) is 0.0714. The highest BCUT2D eigenvalue weighted by molar-refractivity contribution is 7.18. The Labute approximate surface area is 128 Å². The number of para-hydroxylation sites is 1. The maximum atomic E-state index is 11.1. The van der Waals surface area contributed by atoms with Crippen LogP contribution in [0.2, 0.25) is 0 Å². The molecule has 3 rings (SSSR count). The maximum Gasteiger partial charge on any atom is 0.279 e. The summed E-state index contributed by atoms with van der Waals surface area (Å²) >= 11 is 1.46. The molecule has 0 N–H and O–H groups in total. The molecule has 8 heteroatoms. The van der Waals surface area contributed by atoms with Crippen molar-refractivity contribution in [3.63, 3.8) is 0 Å². The van der Waals surface area contributed by atoms with Crippen molar-refractivity contribution in [2.75, 3.05) is 0 Å². The molecule has 3 aromatic rings. The lowest BCUT2D eigenvalue weighted by atomic mass is 10.1. The van der Waals surface area contributed by atoms with Gasteiger partial charge in [-0.2, -0.15) is 0 Å². The van der Waals surface area contributed by atoms with Crippen molar-refractivity contribution < 1.29 is 9.85 Å². The van der Waals surface area contributed by atoms with Crippen molar-refractivity contribution >= 4 is 32.9 Å². The van der Waals surface area contributed by atoms with Crippen LogP contribution in [0.1, 0.15) is 10.6 Å². The molecule has 1 heterocycles. The molecule has 0 saturated carbocycles. The second kappa shape index (κ2) is 5.49. The summed E-state index contributed by atoms with van der Waals surface area (Å²) in [6.07, 6.45) is 0.271. The first-order valence-corrected chi connectivity index (χ1v) is 7.12. The monoisotopic (exact) mass is 315 g/mol. The Morgan fingerprint density at radius 3 is 2.50 bits per heavy atom. The summed E-state index contributed by atoms with van der Waals surface area (Å²) in [4.78, 5) is 25.0. The lowest BCUT2D eigenvalue weighted by Gasteiger charge is -2.00.